The van der Waals surface area contributed by atoms with Gasteiger partial charge in [0.25, 0.3) is 0 Å². The number of rotatable bonds is 6. The summed E-state index contributed by atoms with van der Waals surface area (Å²) >= 11 is 5.87. The number of hydrogen-bond donors (Lipinski definition) is 1. The van der Waals surface area contributed by atoms with Crippen LogP contribution < -0.4 is 0 Å². The van der Waals surface area contributed by atoms with Crippen molar-refractivity contribution in [2.75, 3.05) is 40.3 Å². The lowest BCUT2D eigenvalue weighted by atomic mass is 9.96. The maximum Gasteiger partial charge on any atom is 0.0802 e. The van der Waals surface area contributed by atoms with E-state index in [9.17, 15) is 5.11 Å². The number of hydrogen-bond acceptors (Lipinski definition) is 3. The molecule has 2 rings (SSSR count). The lowest BCUT2D eigenvalue weighted by Gasteiger charge is -2.33. The van der Waals surface area contributed by atoms with Crippen LogP contribution in [0.1, 0.15) is 30.9 Å². The second kappa shape index (κ2) is 8.14. The molecular weight excluding hydrogens is 284 g/mol. The molecule has 0 aliphatic carbocycles. The fourth-order valence-corrected chi connectivity index (χ4v) is 3.19. The molecule has 1 aliphatic rings. The standard InChI is InChI=1S/C17H27ClN2O/c1-19(2)13-14-7-10-20(11-8-14)12-9-17(21)15-3-5-16(18)6-4-15/h3-6,14,17,21H,7-13H2,1-2H3. The molecule has 1 aromatic carbocycles. The Morgan fingerprint density at radius 3 is 2.43 bits per heavy atom. The Hall–Kier alpha value is -0.610. The van der Waals surface area contributed by atoms with Crippen molar-refractivity contribution in [3.63, 3.8) is 0 Å². The van der Waals surface area contributed by atoms with Crippen molar-refractivity contribution in [2.45, 2.75) is 25.4 Å². The third-order valence-corrected chi connectivity index (χ3v) is 4.56. The van der Waals surface area contributed by atoms with E-state index in [0.717, 1.165) is 37.5 Å². The number of aliphatic hydroxyl groups is 1. The topological polar surface area (TPSA) is 26.7 Å². The van der Waals surface area contributed by atoms with Gasteiger partial charge in [0.1, 0.15) is 0 Å². The van der Waals surface area contributed by atoms with Gasteiger partial charge in [-0.2, -0.15) is 0 Å². The number of halogens is 1. The van der Waals surface area contributed by atoms with Crippen LogP contribution >= 0.6 is 11.6 Å². The van der Waals surface area contributed by atoms with E-state index in [1.807, 2.05) is 24.3 Å². The number of nitrogens with zero attached hydrogens (tertiary/aromatic N) is 2. The Morgan fingerprint density at radius 1 is 1.24 bits per heavy atom. The van der Waals surface area contributed by atoms with Gasteiger partial charge in [0.05, 0.1) is 6.10 Å². The smallest absolute Gasteiger partial charge is 0.0802 e. The predicted molar refractivity (Wildman–Crippen MR) is 88.7 cm³/mol. The summed E-state index contributed by atoms with van der Waals surface area (Å²) < 4.78 is 0. The molecule has 0 saturated carbocycles. The molecule has 3 nitrogen and oxygen atoms in total. The average Bonchev–Trinajstić information content (AvgIpc) is 2.46. The Balaban J connectivity index is 1.70. The third-order valence-electron chi connectivity index (χ3n) is 4.30. The Kier molecular flexibility index (Phi) is 6.49. The Morgan fingerprint density at radius 2 is 1.86 bits per heavy atom. The summed E-state index contributed by atoms with van der Waals surface area (Å²) in [7, 11) is 4.30. The summed E-state index contributed by atoms with van der Waals surface area (Å²) in [5, 5.41) is 11.0. The SMILES string of the molecule is CN(C)CC1CCN(CCC(O)c2ccc(Cl)cc2)CC1. The van der Waals surface area contributed by atoms with Gasteiger partial charge in [0.15, 0.2) is 0 Å². The van der Waals surface area contributed by atoms with E-state index < -0.39 is 0 Å². The first-order valence-corrected chi connectivity index (χ1v) is 8.23. The van der Waals surface area contributed by atoms with Crippen LogP contribution in [0.3, 0.4) is 0 Å². The number of piperidine rings is 1. The summed E-state index contributed by atoms with van der Waals surface area (Å²) in [4.78, 5) is 4.76. The van der Waals surface area contributed by atoms with Gasteiger partial charge in [-0.15, -0.1) is 0 Å². The molecule has 0 bridgehead atoms. The summed E-state index contributed by atoms with van der Waals surface area (Å²) in [6.45, 7) is 4.48. The van der Waals surface area contributed by atoms with E-state index >= 15 is 0 Å². The zero-order valence-electron chi connectivity index (χ0n) is 13.1. The van der Waals surface area contributed by atoms with Crippen LogP contribution in [-0.2, 0) is 0 Å². The van der Waals surface area contributed by atoms with Gasteiger partial charge in [-0.05, 0) is 70.1 Å². The van der Waals surface area contributed by atoms with Crippen molar-refractivity contribution in [2.24, 2.45) is 5.92 Å². The molecule has 0 amide bonds. The van der Waals surface area contributed by atoms with Crippen molar-refractivity contribution in [1.82, 2.24) is 9.80 Å². The molecule has 0 aromatic heterocycles. The minimum absolute atomic E-state index is 0.387. The largest absolute Gasteiger partial charge is 0.388 e. The molecule has 1 heterocycles. The third kappa shape index (κ3) is 5.59. The highest BCUT2D eigenvalue weighted by Crippen LogP contribution is 2.22. The van der Waals surface area contributed by atoms with Crippen molar-refractivity contribution >= 4 is 11.6 Å². The first-order valence-electron chi connectivity index (χ1n) is 7.85. The molecule has 1 N–H and O–H groups in total. The fraction of sp³-hybridized carbons (Fsp3) is 0.647. The van der Waals surface area contributed by atoms with Crippen LogP contribution in [-0.4, -0.2) is 55.2 Å². The van der Waals surface area contributed by atoms with Crippen LogP contribution in [0.2, 0.25) is 5.02 Å². The van der Waals surface area contributed by atoms with Gasteiger partial charge in [-0.25, -0.2) is 0 Å². The zero-order valence-corrected chi connectivity index (χ0v) is 13.9. The molecule has 1 fully saturated rings. The summed E-state index contributed by atoms with van der Waals surface area (Å²) in [6.07, 6.45) is 2.95. The van der Waals surface area contributed by atoms with Crippen LogP contribution in [0.15, 0.2) is 24.3 Å². The summed E-state index contributed by atoms with van der Waals surface area (Å²) in [5.74, 6) is 0.831. The lowest BCUT2D eigenvalue weighted by molar-refractivity contribution is 0.117. The zero-order chi connectivity index (χ0) is 15.2. The van der Waals surface area contributed by atoms with Crippen LogP contribution in [0.25, 0.3) is 0 Å². The van der Waals surface area contributed by atoms with Crippen molar-refractivity contribution in [1.29, 1.82) is 0 Å². The van der Waals surface area contributed by atoms with E-state index in [4.69, 9.17) is 11.6 Å². The van der Waals surface area contributed by atoms with Gasteiger partial charge < -0.3 is 14.9 Å². The summed E-state index contributed by atoms with van der Waals surface area (Å²) in [5.41, 5.74) is 0.960. The molecule has 0 spiro atoms. The second-order valence-electron chi connectivity index (χ2n) is 6.40. The second-order valence-corrected chi connectivity index (χ2v) is 6.84. The van der Waals surface area contributed by atoms with E-state index in [-0.39, 0.29) is 6.10 Å². The van der Waals surface area contributed by atoms with E-state index in [1.165, 1.54) is 19.4 Å². The van der Waals surface area contributed by atoms with Crippen molar-refractivity contribution < 1.29 is 5.11 Å². The number of likely N-dealkylation sites (tertiary alicyclic amines) is 1. The highest BCUT2D eigenvalue weighted by atomic mass is 35.5. The van der Waals surface area contributed by atoms with E-state index in [1.54, 1.807) is 0 Å². The highest BCUT2D eigenvalue weighted by Gasteiger charge is 2.20. The highest BCUT2D eigenvalue weighted by molar-refractivity contribution is 6.30. The first kappa shape index (κ1) is 16.8. The van der Waals surface area contributed by atoms with Crippen LogP contribution in [0.5, 0.6) is 0 Å². The molecule has 1 aromatic rings. The average molecular weight is 311 g/mol. The Bertz CT molecular complexity index is 413. The predicted octanol–water partition coefficient (Wildman–Crippen LogP) is 3.04. The van der Waals surface area contributed by atoms with E-state index in [0.29, 0.717) is 5.02 Å². The number of benzene rings is 1. The number of aliphatic hydroxyl groups excluding tert-OH is 1. The van der Waals surface area contributed by atoms with Crippen LogP contribution in [0, 0.1) is 5.92 Å². The molecule has 1 saturated heterocycles. The Labute approximate surface area is 133 Å². The molecule has 1 unspecified atom stereocenters. The normalized spacial score (nSPS) is 19.1. The van der Waals surface area contributed by atoms with Gasteiger partial charge >= 0.3 is 0 Å². The minimum atomic E-state index is -0.387. The molecule has 1 atom stereocenters. The first-order chi connectivity index (χ1) is 10.0. The molecule has 21 heavy (non-hydrogen) atoms. The molecule has 4 heteroatoms. The molecular formula is C17H27ClN2O. The monoisotopic (exact) mass is 310 g/mol. The quantitative estimate of drug-likeness (QED) is 0.875. The van der Waals surface area contributed by atoms with Gasteiger partial charge in [0, 0.05) is 18.1 Å². The maximum atomic E-state index is 10.2. The van der Waals surface area contributed by atoms with E-state index in [2.05, 4.69) is 23.9 Å². The molecule has 1 aliphatic heterocycles. The van der Waals surface area contributed by atoms with Crippen molar-refractivity contribution in [3.8, 4) is 0 Å². The van der Waals surface area contributed by atoms with Gasteiger partial charge in [-0.1, -0.05) is 23.7 Å². The van der Waals surface area contributed by atoms with Gasteiger partial charge in [-0.3, -0.25) is 0 Å². The fourth-order valence-electron chi connectivity index (χ4n) is 3.07. The maximum absolute atomic E-state index is 10.2. The molecule has 118 valence electrons. The van der Waals surface area contributed by atoms with Crippen molar-refractivity contribution in [3.05, 3.63) is 34.9 Å². The van der Waals surface area contributed by atoms with Gasteiger partial charge in [0.2, 0.25) is 0 Å². The minimum Gasteiger partial charge on any atom is -0.388 e. The lowest BCUT2D eigenvalue weighted by Crippen LogP contribution is -2.37. The summed E-state index contributed by atoms with van der Waals surface area (Å²) in [6, 6.07) is 7.51. The van der Waals surface area contributed by atoms with Crippen LogP contribution in [0.4, 0.5) is 0 Å². The molecule has 0 radical (unpaired) electrons.